The van der Waals surface area contributed by atoms with Crippen molar-refractivity contribution in [2.24, 2.45) is 5.73 Å². The maximum Gasteiger partial charge on any atom is 0.151 e. The number of nitrogens with zero attached hydrogens (tertiary/aromatic N) is 4. The van der Waals surface area contributed by atoms with E-state index in [2.05, 4.69) is 47.5 Å². The molecule has 0 amide bonds. The zero-order valence-electron chi connectivity index (χ0n) is 13.4. The third-order valence-corrected chi connectivity index (χ3v) is 3.60. The number of imidazole rings is 1. The minimum atomic E-state index is 0.642. The lowest BCUT2D eigenvalue weighted by Crippen LogP contribution is -2.33. The van der Waals surface area contributed by atoms with Gasteiger partial charge in [-0.1, -0.05) is 13.0 Å². The Kier molecular flexibility index (Phi) is 5.59. The van der Waals surface area contributed by atoms with E-state index in [4.69, 9.17) is 10.7 Å². The van der Waals surface area contributed by atoms with Gasteiger partial charge in [-0.3, -0.25) is 0 Å². The van der Waals surface area contributed by atoms with Gasteiger partial charge >= 0.3 is 0 Å². The average Bonchev–Trinajstić information content (AvgIpc) is 2.83. The molecule has 0 aliphatic carbocycles. The van der Waals surface area contributed by atoms with E-state index in [0.717, 1.165) is 43.9 Å². The molecule has 0 saturated carbocycles. The molecule has 0 aromatic carbocycles. The highest BCUT2D eigenvalue weighted by molar-refractivity contribution is 5.56. The quantitative estimate of drug-likeness (QED) is 0.802. The van der Waals surface area contributed by atoms with Gasteiger partial charge in [0.05, 0.1) is 5.69 Å². The second-order valence-corrected chi connectivity index (χ2v) is 5.64. The lowest BCUT2D eigenvalue weighted by molar-refractivity contribution is 0.412. The summed E-state index contributed by atoms with van der Waals surface area (Å²) in [5.41, 5.74) is 8.03. The summed E-state index contributed by atoms with van der Waals surface area (Å²) in [5.74, 6) is 1.09. The second kappa shape index (κ2) is 7.43. The van der Waals surface area contributed by atoms with Gasteiger partial charge in [-0.2, -0.15) is 0 Å². The number of nitrogens with two attached hydrogens (primary N) is 1. The van der Waals surface area contributed by atoms with Crippen LogP contribution in [-0.4, -0.2) is 54.6 Å². The molecule has 0 radical (unpaired) electrons. The van der Waals surface area contributed by atoms with Crippen LogP contribution in [0, 0.1) is 0 Å². The first kappa shape index (κ1) is 15.8. The minimum absolute atomic E-state index is 0.642. The van der Waals surface area contributed by atoms with Crippen molar-refractivity contribution in [3.8, 4) is 0 Å². The van der Waals surface area contributed by atoms with Crippen molar-refractivity contribution < 1.29 is 0 Å². The van der Waals surface area contributed by atoms with Gasteiger partial charge in [-0.15, -0.1) is 0 Å². The number of likely N-dealkylation sites (N-methyl/N-ethyl adjacent to an activating group) is 1. The molecule has 0 fully saturated rings. The minimum Gasteiger partial charge on any atom is -0.354 e. The smallest absolute Gasteiger partial charge is 0.151 e. The van der Waals surface area contributed by atoms with Crippen LogP contribution in [0.4, 0.5) is 5.82 Å². The average molecular weight is 289 g/mol. The first-order valence-corrected chi connectivity index (χ1v) is 7.73. The Bertz CT molecular complexity index is 561. The van der Waals surface area contributed by atoms with E-state index in [1.807, 2.05) is 12.1 Å². The molecule has 0 unspecified atom stereocenters. The van der Waals surface area contributed by atoms with Crippen LogP contribution in [0.3, 0.4) is 0 Å². The number of hydrogen-bond acceptors (Lipinski definition) is 4. The van der Waals surface area contributed by atoms with Crippen molar-refractivity contribution in [1.29, 1.82) is 0 Å². The zero-order chi connectivity index (χ0) is 15.2. The molecular formula is C16H27N5. The summed E-state index contributed by atoms with van der Waals surface area (Å²) in [6.45, 7) is 5.89. The van der Waals surface area contributed by atoms with Gasteiger partial charge in [-0.25, -0.2) is 4.98 Å². The zero-order valence-corrected chi connectivity index (χ0v) is 13.4. The third kappa shape index (κ3) is 3.74. The summed E-state index contributed by atoms with van der Waals surface area (Å²) in [6, 6.07) is 6.13. The molecule has 0 saturated heterocycles. The first-order chi connectivity index (χ1) is 10.2. The maximum atomic E-state index is 5.81. The Labute approximate surface area is 127 Å². The molecule has 0 atom stereocenters. The predicted octanol–water partition coefficient (Wildman–Crippen LogP) is 1.61. The van der Waals surface area contributed by atoms with Crippen LogP contribution in [0.2, 0.25) is 0 Å². The summed E-state index contributed by atoms with van der Waals surface area (Å²) in [5, 5.41) is 0. The van der Waals surface area contributed by atoms with E-state index in [9.17, 15) is 0 Å². The molecule has 5 nitrogen and oxygen atoms in total. The van der Waals surface area contributed by atoms with Crippen molar-refractivity contribution >= 4 is 11.5 Å². The van der Waals surface area contributed by atoms with Gasteiger partial charge in [0.25, 0.3) is 0 Å². The Morgan fingerprint density at radius 2 is 2.00 bits per heavy atom. The number of pyridine rings is 1. The van der Waals surface area contributed by atoms with E-state index in [-0.39, 0.29) is 0 Å². The summed E-state index contributed by atoms with van der Waals surface area (Å²) in [6.07, 6.45) is 4.04. The number of anilines is 1. The Balaban J connectivity index is 2.37. The highest BCUT2D eigenvalue weighted by atomic mass is 15.2. The van der Waals surface area contributed by atoms with Crippen LogP contribution in [0.15, 0.2) is 24.4 Å². The largest absolute Gasteiger partial charge is 0.354 e. The van der Waals surface area contributed by atoms with Gasteiger partial charge in [0.2, 0.25) is 0 Å². The highest BCUT2D eigenvalue weighted by Gasteiger charge is 2.17. The third-order valence-electron chi connectivity index (χ3n) is 3.60. The topological polar surface area (TPSA) is 49.8 Å². The van der Waals surface area contributed by atoms with Gasteiger partial charge in [0.1, 0.15) is 5.65 Å². The fourth-order valence-corrected chi connectivity index (χ4v) is 2.57. The van der Waals surface area contributed by atoms with E-state index in [0.29, 0.717) is 6.54 Å². The highest BCUT2D eigenvalue weighted by Crippen LogP contribution is 2.22. The van der Waals surface area contributed by atoms with E-state index < -0.39 is 0 Å². The van der Waals surface area contributed by atoms with E-state index in [1.54, 1.807) is 0 Å². The lowest BCUT2D eigenvalue weighted by Gasteiger charge is -2.25. The van der Waals surface area contributed by atoms with Gasteiger partial charge < -0.3 is 19.9 Å². The normalized spacial score (nSPS) is 11.5. The van der Waals surface area contributed by atoms with Crippen LogP contribution in [0.5, 0.6) is 0 Å². The predicted molar refractivity (Wildman–Crippen MR) is 89.0 cm³/mol. The van der Waals surface area contributed by atoms with Crippen molar-refractivity contribution in [2.45, 2.75) is 19.8 Å². The molecule has 2 rings (SSSR count). The summed E-state index contributed by atoms with van der Waals surface area (Å²) in [4.78, 5) is 9.44. The van der Waals surface area contributed by atoms with Crippen LogP contribution in [0.1, 0.15) is 19.0 Å². The Morgan fingerprint density at radius 3 is 2.67 bits per heavy atom. The molecule has 2 N–H and O–H groups in total. The van der Waals surface area contributed by atoms with E-state index in [1.165, 1.54) is 5.69 Å². The molecule has 2 heterocycles. The molecule has 0 aliphatic heterocycles. The van der Waals surface area contributed by atoms with Crippen molar-refractivity contribution in [3.63, 3.8) is 0 Å². The van der Waals surface area contributed by atoms with Crippen LogP contribution >= 0.6 is 0 Å². The number of aromatic nitrogens is 2. The molecule has 0 bridgehead atoms. The molecule has 116 valence electrons. The van der Waals surface area contributed by atoms with Crippen molar-refractivity contribution in [1.82, 2.24) is 14.3 Å². The number of hydrogen-bond donors (Lipinski definition) is 1. The fourth-order valence-electron chi connectivity index (χ4n) is 2.57. The molecule has 0 aliphatic rings. The molecular weight excluding hydrogens is 262 g/mol. The van der Waals surface area contributed by atoms with E-state index >= 15 is 0 Å². The second-order valence-electron chi connectivity index (χ2n) is 5.64. The van der Waals surface area contributed by atoms with Gasteiger partial charge in [-0.05, 0) is 39.2 Å². The monoisotopic (exact) mass is 289 g/mol. The molecule has 2 aromatic rings. The summed E-state index contributed by atoms with van der Waals surface area (Å²) in [7, 11) is 4.21. The number of fused-ring (bicyclic) bond motifs is 1. The maximum absolute atomic E-state index is 5.81. The van der Waals surface area contributed by atoms with Crippen LogP contribution < -0.4 is 10.6 Å². The molecule has 2 aromatic heterocycles. The molecule has 0 spiro atoms. The molecule has 5 heteroatoms. The van der Waals surface area contributed by atoms with Crippen LogP contribution in [-0.2, 0) is 6.42 Å². The number of rotatable bonds is 8. The molecule has 21 heavy (non-hydrogen) atoms. The van der Waals surface area contributed by atoms with Gasteiger partial charge in [0.15, 0.2) is 5.82 Å². The van der Waals surface area contributed by atoms with Crippen molar-refractivity contribution in [3.05, 3.63) is 30.1 Å². The van der Waals surface area contributed by atoms with Crippen LogP contribution in [0.25, 0.3) is 5.65 Å². The standard InChI is InChI=1S/C16H27N5/c1-4-10-20(13-12-19(2)3)16-14(8-9-17)21-11-6-5-7-15(21)18-16/h5-7,11H,4,8-10,12-13,17H2,1-3H3. The Hall–Kier alpha value is -1.59. The summed E-state index contributed by atoms with van der Waals surface area (Å²) >= 11 is 0. The van der Waals surface area contributed by atoms with Gasteiger partial charge in [0, 0.05) is 32.3 Å². The fraction of sp³-hybridized carbons (Fsp3) is 0.562. The summed E-state index contributed by atoms with van der Waals surface area (Å²) < 4.78 is 2.17. The lowest BCUT2D eigenvalue weighted by atomic mass is 10.2. The first-order valence-electron chi connectivity index (χ1n) is 7.73. The SMILES string of the molecule is CCCN(CCN(C)C)c1nc2ccccn2c1CCN. The Morgan fingerprint density at radius 1 is 1.19 bits per heavy atom. The van der Waals surface area contributed by atoms with Crippen molar-refractivity contribution in [2.75, 3.05) is 45.2 Å².